The summed E-state index contributed by atoms with van der Waals surface area (Å²) in [6, 6.07) is 9.36. The number of nitrogens with one attached hydrogen (secondary N) is 1. The quantitative estimate of drug-likeness (QED) is 0.662. The molecule has 1 aliphatic rings. The first kappa shape index (κ1) is 16.8. The van der Waals surface area contributed by atoms with Gasteiger partial charge >= 0.3 is 0 Å². The number of para-hydroxylation sites is 1. The van der Waals surface area contributed by atoms with E-state index in [0.29, 0.717) is 23.8 Å². The number of nitrogens with zero attached hydrogens (tertiary/aromatic N) is 1. The number of carbonyl (C=O) groups excluding carboxylic acids is 1. The Morgan fingerprint density at radius 2 is 2.16 bits per heavy atom. The number of nitro benzene ring substituents is 1. The fourth-order valence-corrected chi connectivity index (χ4v) is 2.83. The highest BCUT2D eigenvalue weighted by Crippen LogP contribution is 2.38. The molecule has 3 rings (SSSR count). The lowest BCUT2D eigenvalue weighted by molar-refractivity contribution is -0.385. The van der Waals surface area contributed by atoms with Gasteiger partial charge in [-0.3, -0.25) is 14.9 Å². The average molecular weight is 342 g/mol. The number of carbonyl (C=O) groups is 1. The van der Waals surface area contributed by atoms with Gasteiger partial charge in [-0.1, -0.05) is 12.1 Å². The topological polar surface area (TPSA) is 90.7 Å². The number of nitro groups is 1. The van der Waals surface area contributed by atoms with E-state index in [1.54, 1.807) is 12.1 Å². The number of fused-ring (bicyclic) bond motifs is 1. The van der Waals surface area contributed by atoms with E-state index in [9.17, 15) is 14.9 Å². The number of ether oxygens (including phenoxy) is 2. The molecule has 1 aliphatic heterocycles. The van der Waals surface area contributed by atoms with Crippen LogP contribution in [0.25, 0.3) is 0 Å². The second-order valence-corrected chi connectivity index (χ2v) is 5.75. The van der Waals surface area contributed by atoms with Crippen LogP contribution in [0.4, 0.5) is 11.4 Å². The first-order valence-electron chi connectivity index (χ1n) is 8.00. The third-order valence-electron chi connectivity index (χ3n) is 3.89. The molecule has 2 aromatic carbocycles. The molecule has 0 aliphatic carbocycles. The van der Waals surface area contributed by atoms with Gasteiger partial charge in [0.2, 0.25) is 0 Å². The normalized spacial score (nSPS) is 15.2. The lowest BCUT2D eigenvalue weighted by Gasteiger charge is -2.13. The Labute approximate surface area is 144 Å². The molecule has 0 saturated heterocycles. The number of hydrogen-bond donors (Lipinski definition) is 1. The van der Waals surface area contributed by atoms with Gasteiger partial charge in [-0.05, 0) is 26.0 Å². The third kappa shape index (κ3) is 3.40. The van der Waals surface area contributed by atoms with Crippen LogP contribution in [0.1, 0.15) is 29.8 Å². The van der Waals surface area contributed by atoms with Crippen LogP contribution in [-0.4, -0.2) is 23.5 Å². The Morgan fingerprint density at radius 3 is 2.88 bits per heavy atom. The molecule has 0 spiro atoms. The van der Waals surface area contributed by atoms with Crippen LogP contribution in [0.15, 0.2) is 36.4 Å². The van der Waals surface area contributed by atoms with Gasteiger partial charge in [0.25, 0.3) is 11.6 Å². The Hall–Kier alpha value is -3.09. The predicted molar refractivity (Wildman–Crippen MR) is 92.5 cm³/mol. The van der Waals surface area contributed by atoms with Crippen LogP contribution in [0.3, 0.4) is 0 Å². The second-order valence-electron chi connectivity index (χ2n) is 5.75. The van der Waals surface area contributed by atoms with Crippen LogP contribution in [-0.2, 0) is 6.42 Å². The van der Waals surface area contributed by atoms with Crippen molar-refractivity contribution >= 4 is 17.3 Å². The molecule has 0 saturated carbocycles. The molecule has 0 aromatic heterocycles. The van der Waals surface area contributed by atoms with Gasteiger partial charge in [-0.15, -0.1) is 0 Å². The van der Waals surface area contributed by atoms with Gasteiger partial charge < -0.3 is 14.8 Å². The molecular weight excluding hydrogens is 324 g/mol. The van der Waals surface area contributed by atoms with Crippen LogP contribution >= 0.6 is 0 Å². The molecule has 25 heavy (non-hydrogen) atoms. The summed E-state index contributed by atoms with van der Waals surface area (Å²) in [5, 5.41) is 13.8. The molecule has 1 unspecified atom stereocenters. The molecule has 1 atom stereocenters. The first-order chi connectivity index (χ1) is 12.0. The molecular formula is C18H18N2O5. The number of rotatable bonds is 5. The summed E-state index contributed by atoms with van der Waals surface area (Å²) in [5.41, 5.74) is 1.19. The van der Waals surface area contributed by atoms with Crippen molar-refractivity contribution in [3.05, 3.63) is 57.6 Å². The summed E-state index contributed by atoms with van der Waals surface area (Å²) in [5.74, 6) is 0.638. The number of anilines is 1. The highest BCUT2D eigenvalue weighted by molar-refractivity contribution is 6.07. The predicted octanol–water partition coefficient (Wildman–Crippen LogP) is 3.57. The van der Waals surface area contributed by atoms with E-state index >= 15 is 0 Å². The molecule has 2 aromatic rings. The van der Waals surface area contributed by atoms with Gasteiger partial charge in [0.15, 0.2) is 0 Å². The minimum Gasteiger partial charge on any atom is -0.492 e. The maximum atomic E-state index is 12.5. The Balaban J connectivity index is 1.94. The van der Waals surface area contributed by atoms with E-state index in [0.717, 1.165) is 12.0 Å². The van der Waals surface area contributed by atoms with Crippen molar-refractivity contribution in [3.8, 4) is 11.5 Å². The molecule has 0 fully saturated rings. The Bertz CT molecular complexity index is 834. The SMILES string of the molecule is CCOc1cc2c(cc1NC(=O)c1ccccc1[N+](=O)[O-])OC(C)C2. The lowest BCUT2D eigenvalue weighted by atomic mass is 10.1. The monoisotopic (exact) mass is 342 g/mol. The van der Waals surface area contributed by atoms with Gasteiger partial charge in [0.05, 0.1) is 17.2 Å². The highest BCUT2D eigenvalue weighted by atomic mass is 16.6. The Morgan fingerprint density at radius 1 is 1.40 bits per heavy atom. The van der Waals surface area contributed by atoms with E-state index in [4.69, 9.17) is 9.47 Å². The van der Waals surface area contributed by atoms with Crippen LogP contribution in [0, 0.1) is 10.1 Å². The van der Waals surface area contributed by atoms with Crippen molar-refractivity contribution in [2.45, 2.75) is 26.4 Å². The standard InChI is InChI=1S/C18H18N2O5/c1-3-24-17-9-12-8-11(2)25-16(12)10-14(17)19-18(21)13-6-4-5-7-15(13)20(22)23/h4-7,9-11H,3,8H2,1-2H3,(H,19,21). The average Bonchev–Trinajstić information content (AvgIpc) is 2.94. The molecule has 1 N–H and O–H groups in total. The maximum absolute atomic E-state index is 12.5. The van der Waals surface area contributed by atoms with Crippen molar-refractivity contribution < 1.29 is 19.2 Å². The maximum Gasteiger partial charge on any atom is 0.282 e. The van der Waals surface area contributed by atoms with Crippen molar-refractivity contribution in [3.63, 3.8) is 0 Å². The van der Waals surface area contributed by atoms with Crippen molar-refractivity contribution in [1.82, 2.24) is 0 Å². The zero-order chi connectivity index (χ0) is 18.0. The fourth-order valence-electron chi connectivity index (χ4n) is 2.83. The van der Waals surface area contributed by atoms with Gasteiger partial charge in [-0.2, -0.15) is 0 Å². The molecule has 1 amide bonds. The summed E-state index contributed by atoms with van der Waals surface area (Å²) >= 11 is 0. The van der Waals surface area contributed by atoms with Gasteiger partial charge in [0.1, 0.15) is 23.2 Å². The molecule has 0 radical (unpaired) electrons. The summed E-state index contributed by atoms with van der Waals surface area (Å²) in [7, 11) is 0. The van der Waals surface area contributed by atoms with E-state index in [2.05, 4.69) is 5.32 Å². The van der Waals surface area contributed by atoms with Gasteiger partial charge in [0, 0.05) is 24.1 Å². The third-order valence-corrected chi connectivity index (χ3v) is 3.89. The molecule has 7 heteroatoms. The van der Waals surface area contributed by atoms with E-state index in [-0.39, 0.29) is 17.4 Å². The number of hydrogen-bond acceptors (Lipinski definition) is 5. The minimum absolute atomic E-state index is 0.00951. The smallest absolute Gasteiger partial charge is 0.282 e. The van der Waals surface area contributed by atoms with E-state index < -0.39 is 10.8 Å². The van der Waals surface area contributed by atoms with Crippen LogP contribution in [0.5, 0.6) is 11.5 Å². The lowest BCUT2D eigenvalue weighted by Crippen LogP contribution is -2.15. The summed E-state index contributed by atoms with van der Waals surface area (Å²) in [6.07, 6.45) is 0.832. The van der Waals surface area contributed by atoms with E-state index in [1.807, 2.05) is 19.9 Å². The minimum atomic E-state index is -0.578. The van der Waals surface area contributed by atoms with Crippen molar-refractivity contribution in [2.24, 2.45) is 0 Å². The van der Waals surface area contributed by atoms with E-state index in [1.165, 1.54) is 18.2 Å². The summed E-state index contributed by atoms with van der Waals surface area (Å²) < 4.78 is 11.3. The van der Waals surface area contributed by atoms with Crippen LogP contribution < -0.4 is 14.8 Å². The molecule has 1 heterocycles. The molecule has 7 nitrogen and oxygen atoms in total. The zero-order valence-corrected chi connectivity index (χ0v) is 13.9. The highest BCUT2D eigenvalue weighted by Gasteiger charge is 2.24. The molecule has 130 valence electrons. The Kier molecular flexibility index (Phi) is 4.56. The van der Waals surface area contributed by atoms with Crippen molar-refractivity contribution in [1.29, 1.82) is 0 Å². The fraction of sp³-hybridized carbons (Fsp3) is 0.278. The largest absolute Gasteiger partial charge is 0.492 e. The van der Waals surface area contributed by atoms with Crippen molar-refractivity contribution in [2.75, 3.05) is 11.9 Å². The first-order valence-corrected chi connectivity index (χ1v) is 8.00. The zero-order valence-electron chi connectivity index (χ0n) is 13.9. The summed E-state index contributed by atoms with van der Waals surface area (Å²) in [4.78, 5) is 23.1. The second kappa shape index (κ2) is 6.80. The number of amides is 1. The number of benzene rings is 2. The summed E-state index contributed by atoms with van der Waals surface area (Å²) in [6.45, 7) is 4.25. The molecule has 0 bridgehead atoms. The van der Waals surface area contributed by atoms with Gasteiger partial charge in [-0.25, -0.2) is 0 Å². The van der Waals surface area contributed by atoms with Crippen LogP contribution in [0.2, 0.25) is 0 Å².